The smallest absolute Gasteiger partial charge is 0.259 e. The highest BCUT2D eigenvalue weighted by Crippen LogP contribution is 2.22. The highest BCUT2D eigenvalue weighted by Gasteiger charge is 2.13. The lowest BCUT2D eigenvalue weighted by Gasteiger charge is -2.14. The number of hydrogen-bond acceptors (Lipinski definition) is 4. The molecule has 1 atom stereocenters. The monoisotopic (exact) mass is 343 g/mol. The third-order valence-electron chi connectivity index (χ3n) is 3.68. The van der Waals surface area contributed by atoms with E-state index in [0.29, 0.717) is 30.2 Å². The van der Waals surface area contributed by atoms with Crippen molar-refractivity contribution in [2.24, 2.45) is 0 Å². The van der Waals surface area contributed by atoms with Crippen molar-refractivity contribution in [2.75, 3.05) is 25.6 Å². The second kappa shape index (κ2) is 9.69. The van der Waals surface area contributed by atoms with E-state index in [2.05, 4.69) is 12.2 Å². The Labute approximate surface area is 148 Å². The van der Waals surface area contributed by atoms with Crippen molar-refractivity contribution in [3.8, 4) is 11.5 Å². The number of methoxy groups -OCH3 is 1. The first-order chi connectivity index (χ1) is 12.1. The van der Waals surface area contributed by atoms with Crippen LogP contribution in [0.1, 0.15) is 30.6 Å². The summed E-state index contributed by atoms with van der Waals surface area (Å²) in [5, 5.41) is 2.89. The number of para-hydroxylation sites is 1. The summed E-state index contributed by atoms with van der Waals surface area (Å²) in [7, 11) is 1.61. The fourth-order valence-corrected chi connectivity index (χ4v) is 2.18. The van der Waals surface area contributed by atoms with E-state index in [-0.39, 0.29) is 12.0 Å². The van der Waals surface area contributed by atoms with Gasteiger partial charge in [-0.3, -0.25) is 4.79 Å². The van der Waals surface area contributed by atoms with E-state index in [1.165, 1.54) is 0 Å². The van der Waals surface area contributed by atoms with Crippen molar-refractivity contribution >= 4 is 11.6 Å². The highest BCUT2D eigenvalue weighted by atomic mass is 16.5. The van der Waals surface area contributed by atoms with E-state index >= 15 is 0 Å². The number of anilines is 1. The van der Waals surface area contributed by atoms with Crippen LogP contribution in [0.2, 0.25) is 0 Å². The zero-order chi connectivity index (χ0) is 18.1. The van der Waals surface area contributed by atoms with Gasteiger partial charge in [0.25, 0.3) is 5.91 Å². The summed E-state index contributed by atoms with van der Waals surface area (Å²) in [6, 6.07) is 14.5. The molecule has 0 aromatic heterocycles. The van der Waals surface area contributed by atoms with E-state index in [9.17, 15) is 4.79 Å². The first-order valence-electron chi connectivity index (χ1n) is 8.43. The van der Waals surface area contributed by atoms with Crippen LogP contribution in [0.25, 0.3) is 0 Å². The first kappa shape index (κ1) is 18.8. The molecule has 0 saturated carbocycles. The minimum absolute atomic E-state index is 0.126. The molecule has 0 bridgehead atoms. The van der Waals surface area contributed by atoms with Gasteiger partial charge in [-0.15, -0.1) is 0 Å². The lowest BCUT2D eigenvalue weighted by atomic mass is 10.2. The van der Waals surface area contributed by atoms with E-state index in [0.717, 1.165) is 12.2 Å². The van der Waals surface area contributed by atoms with Gasteiger partial charge in [0.05, 0.1) is 18.3 Å². The van der Waals surface area contributed by atoms with E-state index in [4.69, 9.17) is 14.2 Å². The molecule has 0 radical (unpaired) electrons. The number of nitrogens with one attached hydrogen (secondary N) is 1. The molecule has 0 aliphatic heterocycles. The van der Waals surface area contributed by atoms with Crippen molar-refractivity contribution in [1.82, 2.24) is 0 Å². The molecule has 1 amide bonds. The van der Waals surface area contributed by atoms with Crippen LogP contribution in [-0.2, 0) is 4.74 Å². The molecule has 0 fully saturated rings. The van der Waals surface area contributed by atoms with Crippen molar-refractivity contribution in [2.45, 2.75) is 26.4 Å². The molecule has 25 heavy (non-hydrogen) atoms. The molecule has 1 unspecified atom stereocenters. The van der Waals surface area contributed by atoms with Gasteiger partial charge in [-0.1, -0.05) is 25.1 Å². The maximum atomic E-state index is 12.6. The third-order valence-corrected chi connectivity index (χ3v) is 3.68. The van der Waals surface area contributed by atoms with E-state index in [1.807, 2.05) is 37.3 Å². The Morgan fingerprint density at radius 2 is 1.92 bits per heavy atom. The van der Waals surface area contributed by atoms with Crippen LogP contribution in [0.5, 0.6) is 11.5 Å². The molecule has 0 heterocycles. The highest BCUT2D eigenvalue weighted by molar-refractivity contribution is 6.06. The first-order valence-corrected chi connectivity index (χ1v) is 8.43. The fraction of sp³-hybridized carbons (Fsp3) is 0.350. The predicted molar refractivity (Wildman–Crippen MR) is 98.6 cm³/mol. The van der Waals surface area contributed by atoms with Crippen LogP contribution in [0, 0.1) is 0 Å². The van der Waals surface area contributed by atoms with Gasteiger partial charge in [0.15, 0.2) is 0 Å². The average Bonchev–Trinajstić information content (AvgIpc) is 2.62. The summed E-state index contributed by atoms with van der Waals surface area (Å²) in [6.07, 6.45) is 1.05. The standard InChI is InChI=1S/C20H25NO4/c1-4-15(2)25-17-9-7-8-16(14-17)21-20(22)18-10-5-6-11-19(18)24-13-12-23-3/h5-11,14-15H,4,12-13H2,1-3H3,(H,21,22). The minimum Gasteiger partial charge on any atom is -0.491 e. The summed E-state index contributed by atoms with van der Waals surface area (Å²) in [4.78, 5) is 12.6. The van der Waals surface area contributed by atoms with E-state index in [1.54, 1.807) is 25.3 Å². The normalized spacial score (nSPS) is 11.6. The van der Waals surface area contributed by atoms with Crippen LogP contribution >= 0.6 is 0 Å². The number of rotatable bonds is 9. The van der Waals surface area contributed by atoms with Gasteiger partial charge < -0.3 is 19.5 Å². The number of amides is 1. The molecule has 2 aromatic carbocycles. The summed E-state index contributed by atoms with van der Waals surface area (Å²) in [5.74, 6) is 1.04. The van der Waals surface area contributed by atoms with Crippen LogP contribution in [0.4, 0.5) is 5.69 Å². The van der Waals surface area contributed by atoms with Crippen molar-refractivity contribution in [3.05, 3.63) is 54.1 Å². The number of benzene rings is 2. The van der Waals surface area contributed by atoms with Crippen molar-refractivity contribution in [1.29, 1.82) is 0 Å². The SMILES string of the molecule is CCC(C)Oc1cccc(NC(=O)c2ccccc2OCCOC)c1. The van der Waals surface area contributed by atoms with Gasteiger partial charge in [-0.05, 0) is 37.6 Å². The quantitative estimate of drug-likeness (QED) is 0.695. The number of hydrogen-bond donors (Lipinski definition) is 1. The Bertz CT molecular complexity index is 687. The Balaban J connectivity index is 2.08. The summed E-state index contributed by atoms with van der Waals surface area (Å²) in [6.45, 7) is 4.93. The number of carbonyl (C=O) groups is 1. The Morgan fingerprint density at radius 3 is 2.68 bits per heavy atom. The van der Waals surface area contributed by atoms with Gasteiger partial charge in [-0.2, -0.15) is 0 Å². The average molecular weight is 343 g/mol. The summed E-state index contributed by atoms with van der Waals surface area (Å²) >= 11 is 0. The topological polar surface area (TPSA) is 56.8 Å². The van der Waals surface area contributed by atoms with Crippen molar-refractivity contribution in [3.63, 3.8) is 0 Å². The third kappa shape index (κ3) is 5.80. The molecule has 5 nitrogen and oxygen atoms in total. The fourth-order valence-electron chi connectivity index (χ4n) is 2.18. The zero-order valence-electron chi connectivity index (χ0n) is 15.0. The van der Waals surface area contributed by atoms with Crippen molar-refractivity contribution < 1.29 is 19.0 Å². The van der Waals surface area contributed by atoms with Crippen LogP contribution in [0.3, 0.4) is 0 Å². The largest absolute Gasteiger partial charge is 0.491 e. The maximum Gasteiger partial charge on any atom is 0.259 e. The second-order valence-electron chi connectivity index (χ2n) is 5.66. The molecule has 0 aliphatic rings. The molecule has 1 N–H and O–H groups in total. The molecule has 0 saturated heterocycles. The van der Waals surface area contributed by atoms with Gasteiger partial charge in [0.2, 0.25) is 0 Å². The Morgan fingerprint density at radius 1 is 1.12 bits per heavy atom. The lowest BCUT2D eigenvalue weighted by Crippen LogP contribution is -2.15. The lowest BCUT2D eigenvalue weighted by molar-refractivity contribution is 0.101. The second-order valence-corrected chi connectivity index (χ2v) is 5.66. The molecule has 134 valence electrons. The predicted octanol–water partition coefficient (Wildman–Crippen LogP) is 4.14. The molecule has 2 rings (SSSR count). The molecule has 0 spiro atoms. The molecule has 0 aliphatic carbocycles. The van der Waals surface area contributed by atoms with Gasteiger partial charge >= 0.3 is 0 Å². The van der Waals surface area contributed by atoms with Crippen LogP contribution in [-0.4, -0.2) is 32.3 Å². The molecular weight excluding hydrogens is 318 g/mol. The van der Waals surface area contributed by atoms with Crippen LogP contribution in [0.15, 0.2) is 48.5 Å². The maximum absolute atomic E-state index is 12.6. The molecule has 5 heteroatoms. The minimum atomic E-state index is -0.228. The van der Waals surface area contributed by atoms with E-state index < -0.39 is 0 Å². The van der Waals surface area contributed by atoms with Gasteiger partial charge in [-0.25, -0.2) is 0 Å². The zero-order valence-corrected chi connectivity index (χ0v) is 15.0. The number of carbonyl (C=O) groups excluding carboxylic acids is 1. The number of ether oxygens (including phenoxy) is 3. The Hall–Kier alpha value is -2.53. The summed E-state index contributed by atoms with van der Waals surface area (Å²) < 4.78 is 16.4. The van der Waals surface area contributed by atoms with Gasteiger partial charge in [0, 0.05) is 18.9 Å². The summed E-state index contributed by atoms with van der Waals surface area (Å²) in [5.41, 5.74) is 1.16. The van der Waals surface area contributed by atoms with Crippen LogP contribution < -0.4 is 14.8 Å². The molecule has 2 aromatic rings. The van der Waals surface area contributed by atoms with Gasteiger partial charge in [0.1, 0.15) is 18.1 Å². The molecular formula is C20H25NO4. The Kier molecular flexibility index (Phi) is 7.29.